The van der Waals surface area contributed by atoms with Crippen molar-refractivity contribution in [2.24, 2.45) is 0 Å². The molecule has 0 aliphatic heterocycles. The van der Waals surface area contributed by atoms with E-state index in [1.807, 2.05) is 36.7 Å². The van der Waals surface area contributed by atoms with Gasteiger partial charge < -0.3 is 0 Å². The molecule has 0 atom stereocenters. The summed E-state index contributed by atoms with van der Waals surface area (Å²) >= 11 is 0. The van der Waals surface area contributed by atoms with Gasteiger partial charge in [-0.05, 0) is 99.1 Å². The molecule has 0 saturated heterocycles. The lowest BCUT2D eigenvalue weighted by Gasteiger charge is -2.16. The van der Waals surface area contributed by atoms with Crippen molar-refractivity contribution in [2.75, 3.05) is 0 Å². The Morgan fingerprint density at radius 3 is 1.70 bits per heavy atom. The van der Waals surface area contributed by atoms with Gasteiger partial charge in [-0.1, -0.05) is 109 Å². The van der Waals surface area contributed by atoms with Crippen LogP contribution in [0, 0.1) is 13.8 Å². The van der Waals surface area contributed by atoms with Crippen LogP contribution in [-0.4, -0.2) is 15.0 Å². The first-order valence-corrected chi connectivity index (χ1v) is 15.6. The van der Waals surface area contributed by atoms with Crippen LogP contribution in [0.25, 0.3) is 77.7 Å². The molecule has 8 aromatic rings. The zero-order chi connectivity index (χ0) is 31.0. The molecule has 46 heavy (non-hydrogen) atoms. The van der Waals surface area contributed by atoms with Crippen LogP contribution in [0.15, 0.2) is 152 Å². The Bertz CT molecular complexity index is 2300. The second-order valence-corrected chi connectivity index (χ2v) is 11.9. The minimum absolute atomic E-state index is 0.706. The van der Waals surface area contributed by atoms with E-state index in [0.29, 0.717) is 5.82 Å². The third-order valence-corrected chi connectivity index (χ3v) is 8.75. The summed E-state index contributed by atoms with van der Waals surface area (Å²) in [7, 11) is 0. The summed E-state index contributed by atoms with van der Waals surface area (Å²) in [6.45, 7) is 4.27. The number of pyridine rings is 1. The van der Waals surface area contributed by atoms with Gasteiger partial charge in [-0.3, -0.25) is 4.98 Å². The molecule has 0 fully saturated rings. The summed E-state index contributed by atoms with van der Waals surface area (Å²) in [5.74, 6) is 0.706. The van der Waals surface area contributed by atoms with E-state index in [1.165, 1.54) is 27.1 Å². The molecule has 0 saturated carbocycles. The van der Waals surface area contributed by atoms with Crippen molar-refractivity contribution in [3.63, 3.8) is 0 Å². The fourth-order valence-electron chi connectivity index (χ4n) is 6.49. The number of hydrogen-bond acceptors (Lipinski definition) is 3. The summed E-state index contributed by atoms with van der Waals surface area (Å²) < 4.78 is 0. The van der Waals surface area contributed by atoms with Crippen LogP contribution in [0.3, 0.4) is 0 Å². The van der Waals surface area contributed by atoms with Crippen LogP contribution in [0.5, 0.6) is 0 Å². The van der Waals surface area contributed by atoms with Gasteiger partial charge in [0.2, 0.25) is 0 Å². The molecular formula is C43H31N3. The minimum atomic E-state index is 0.706. The number of nitrogens with zero attached hydrogens (tertiary/aromatic N) is 3. The van der Waals surface area contributed by atoms with Gasteiger partial charge in [-0.15, -0.1) is 0 Å². The molecule has 0 spiro atoms. The fraction of sp³-hybridized carbons (Fsp3) is 0.0465. The van der Waals surface area contributed by atoms with E-state index in [0.717, 1.165) is 55.9 Å². The molecule has 8 rings (SSSR count). The van der Waals surface area contributed by atoms with Crippen molar-refractivity contribution in [3.8, 4) is 56.2 Å². The van der Waals surface area contributed by atoms with Gasteiger partial charge in [0.1, 0.15) is 0 Å². The molecule has 3 nitrogen and oxygen atoms in total. The van der Waals surface area contributed by atoms with E-state index in [2.05, 4.69) is 134 Å². The van der Waals surface area contributed by atoms with Crippen molar-refractivity contribution in [3.05, 3.63) is 163 Å². The zero-order valence-electron chi connectivity index (χ0n) is 25.8. The molecule has 0 aliphatic carbocycles. The van der Waals surface area contributed by atoms with Crippen LogP contribution < -0.4 is 0 Å². The number of rotatable bonds is 5. The molecule has 0 aliphatic rings. The normalized spacial score (nSPS) is 11.3. The lowest BCUT2D eigenvalue weighted by molar-refractivity contribution is 1.18. The highest BCUT2D eigenvalue weighted by atomic mass is 14.9. The molecule has 218 valence electrons. The first-order chi connectivity index (χ1) is 22.6. The van der Waals surface area contributed by atoms with Crippen LogP contribution >= 0.6 is 0 Å². The van der Waals surface area contributed by atoms with Crippen LogP contribution in [-0.2, 0) is 0 Å². The standard InChI is InChI=1S/C43H31N3/c1-28-26-44-27-29(2)42(28)37-22-35(34-20-19-31-18-17-30-11-9-10-16-38(30)39(31)24-34)21-36(23-37)41-25-40(32-12-5-3-6-13-32)45-43(46-41)33-14-7-4-8-15-33/h3-27H,1-2H3. The van der Waals surface area contributed by atoms with Gasteiger partial charge in [-0.2, -0.15) is 0 Å². The maximum atomic E-state index is 5.18. The van der Waals surface area contributed by atoms with E-state index in [-0.39, 0.29) is 0 Å². The quantitative estimate of drug-likeness (QED) is 0.187. The number of aryl methyl sites for hydroxylation is 2. The maximum absolute atomic E-state index is 5.18. The van der Waals surface area contributed by atoms with Gasteiger partial charge >= 0.3 is 0 Å². The zero-order valence-corrected chi connectivity index (χ0v) is 25.8. The van der Waals surface area contributed by atoms with Crippen LogP contribution in [0.1, 0.15) is 11.1 Å². The van der Waals surface area contributed by atoms with Crippen LogP contribution in [0.4, 0.5) is 0 Å². The lowest BCUT2D eigenvalue weighted by atomic mass is 9.90. The molecule has 0 unspecified atom stereocenters. The van der Waals surface area contributed by atoms with E-state index in [4.69, 9.17) is 9.97 Å². The fourth-order valence-corrected chi connectivity index (χ4v) is 6.49. The van der Waals surface area contributed by atoms with E-state index < -0.39 is 0 Å². The third-order valence-electron chi connectivity index (χ3n) is 8.75. The Labute approximate surface area is 268 Å². The summed E-state index contributed by atoms with van der Waals surface area (Å²) in [5.41, 5.74) is 11.8. The highest BCUT2D eigenvalue weighted by molar-refractivity contribution is 6.08. The first-order valence-electron chi connectivity index (χ1n) is 15.6. The highest BCUT2D eigenvalue weighted by Crippen LogP contribution is 2.38. The number of aromatic nitrogens is 3. The average Bonchev–Trinajstić information content (AvgIpc) is 3.12. The summed E-state index contributed by atoms with van der Waals surface area (Å²) in [5, 5.41) is 4.98. The Balaban J connectivity index is 1.39. The Kier molecular flexibility index (Phi) is 6.92. The molecule has 0 radical (unpaired) electrons. The molecule has 0 amide bonds. The molecule has 2 heterocycles. The van der Waals surface area contributed by atoms with Gasteiger partial charge in [0.25, 0.3) is 0 Å². The highest BCUT2D eigenvalue weighted by Gasteiger charge is 2.15. The second kappa shape index (κ2) is 11.5. The van der Waals surface area contributed by atoms with Crippen molar-refractivity contribution >= 4 is 21.5 Å². The molecule has 3 heteroatoms. The topological polar surface area (TPSA) is 38.7 Å². The van der Waals surface area contributed by atoms with Gasteiger partial charge in [0.15, 0.2) is 5.82 Å². The largest absolute Gasteiger partial charge is 0.264 e. The Hall–Kier alpha value is -5.93. The van der Waals surface area contributed by atoms with Gasteiger partial charge in [0, 0.05) is 29.1 Å². The number of benzene rings is 6. The van der Waals surface area contributed by atoms with Crippen molar-refractivity contribution in [1.82, 2.24) is 15.0 Å². The predicted molar refractivity (Wildman–Crippen MR) is 191 cm³/mol. The van der Waals surface area contributed by atoms with E-state index in [9.17, 15) is 0 Å². The predicted octanol–water partition coefficient (Wildman–Crippen LogP) is 11.1. The second-order valence-electron chi connectivity index (χ2n) is 11.9. The van der Waals surface area contributed by atoms with E-state index >= 15 is 0 Å². The lowest BCUT2D eigenvalue weighted by Crippen LogP contribution is -1.97. The number of hydrogen-bond donors (Lipinski definition) is 0. The summed E-state index contributed by atoms with van der Waals surface area (Å²) in [6.07, 6.45) is 3.89. The Morgan fingerprint density at radius 1 is 0.391 bits per heavy atom. The molecule has 2 aromatic heterocycles. The van der Waals surface area contributed by atoms with Crippen molar-refractivity contribution < 1.29 is 0 Å². The molecule has 0 bridgehead atoms. The van der Waals surface area contributed by atoms with Gasteiger partial charge in [0.05, 0.1) is 11.4 Å². The van der Waals surface area contributed by atoms with Crippen LogP contribution in [0.2, 0.25) is 0 Å². The Morgan fingerprint density at radius 2 is 0.957 bits per heavy atom. The maximum Gasteiger partial charge on any atom is 0.160 e. The van der Waals surface area contributed by atoms with Crippen molar-refractivity contribution in [2.45, 2.75) is 13.8 Å². The van der Waals surface area contributed by atoms with E-state index in [1.54, 1.807) is 0 Å². The smallest absolute Gasteiger partial charge is 0.160 e. The summed E-state index contributed by atoms with van der Waals surface area (Å²) in [6, 6.07) is 49.3. The average molecular weight is 590 g/mol. The minimum Gasteiger partial charge on any atom is -0.264 e. The van der Waals surface area contributed by atoms with Gasteiger partial charge in [-0.25, -0.2) is 9.97 Å². The monoisotopic (exact) mass is 589 g/mol. The molecule has 0 N–H and O–H groups in total. The summed E-state index contributed by atoms with van der Waals surface area (Å²) in [4.78, 5) is 14.7. The SMILES string of the molecule is Cc1cncc(C)c1-c1cc(-c2ccc3ccc4ccccc4c3c2)cc(-c2cc(-c3ccccc3)nc(-c3ccccc3)n2)c1. The third kappa shape index (κ3) is 5.12. The molecule has 6 aromatic carbocycles. The molecular weight excluding hydrogens is 558 g/mol. The number of fused-ring (bicyclic) bond motifs is 3. The van der Waals surface area contributed by atoms with Crippen molar-refractivity contribution in [1.29, 1.82) is 0 Å². The first kappa shape index (κ1) is 27.6.